The Bertz CT molecular complexity index is 1310. The quantitative estimate of drug-likeness (QED) is 0.429. The normalized spacial score (nSPS) is 13.8. The molecule has 1 amide bonds. The maximum Gasteiger partial charge on any atom is 0.410 e. The van der Waals surface area contributed by atoms with Gasteiger partial charge in [0.2, 0.25) is 0 Å². The van der Waals surface area contributed by atoms with Crippen LogP contribution in [0.25, 0.3) is 11.4 Å². The van der Waals surface area contributed by atoms with Crippen LogP contribution in [0.4, 0.5) is 13.6 Å². The van der Waals surface area contributed by atoms with Gasteiger partial charge in [-0.25, -0.2) is 18.4 Å². The number of likely N-dealkylation sites (tertiary alicyclic amines) is 1. The molecular formula is C27H29F2N3O5. The van der Waals surface area contributed by atoms with E-state index in [2.05, 4.69) is 4.98 Å². The van der Waals surface area contributed by atoms with Gasteiger partial charge in [0.1, 0.15) is 35.3 Å². The Kier molecular flexibility index (Phi) is 7.20. The van der Waals surface area contributed by atoms with Crippen molar-refractivity contribution in [2.45, 2.75) is 38.9 Å². The molecule has 1 fully saturated rings. The van der Waals surface area contributed by atoms with Crippen molar-refractivity contribution in [3.63, 3.8) is 0 Å². The highest BCUT2D eigenvalue weighted by atomic mass is 19.1. The third kappa shape index (κ3) is 6.07. The number of pyridine rings is 1. The smallest absolute Gasteiger partial charge is 0.410 e. The number of carbonyl (C=O) groups is 2. The molecule has 0 radical (unpaired) electrons. The van der Waals surface area contributed by atoms with Gasteiger partial charge in [-0.15, -0.1) is 0 Å². The molecule has 1 aromatic carbocycles. The first kappa shape index (κ1) is 26.1. The maximum absolute atomic E-state index is 13.7. The van der Waals surface area contributed by atoms with Gasteiger partial charge < -0.3 is 23.7 Å². The Hall–Kier alpha value is -3.95. The van der Waals surface area contributed by atoms with Gasteiger partial charge in [-0.2, -0.15) is 0 Å². The number of carbonyl (C=O) groups excluding carboxylic acids is 2. The average Bonchev–Trinajstić information content (AvgIpc) is 3.15. The Morgan fingerprint density at radius 1 is 1.08 bits per heavy atom. The first-order valence-electron chi connectivity index (χ1n) is 11.7. The third-order valence-electron chi connectivity index (χ3n) is 5.86. The standard InChI is InChI=1S/C27H29F2N3O5/c1-27(2,3)37-26(34)32-13-19(14-32)17-9-23(36-15-16-6-20(28)10-21(29)7-16)24(30-11-17)22-8-18(12-31(22)4)25(33)35-5/h6-12,19H,13-15H2,1-5H3. The fraction of sp³-hybridized carbons (Fsp3) is 0.370. The van der Waals surface area contributed by atoms with E-state index < -0.39 is 23.2 Å². The van der Waals surface area contributed by atoms with Gasteiger partial charge in [0, 0.05) is 44.5 Å². The summed E-state index contributed by atoms with van der Waals surface area (Å²) in [4.78, 5) is 30.6. The number of hydrogen-bond donors (Lipinski definition) is 0. The number of nitrogens with zero attached hydrogens (tertiary/aromatic N) is 3. The maximum atomic E-state index is 13.7. The molecule has 37 heavy (non-hydrogen) atoms. The molecule has 0 aliphatic carbocycles. The highest BCUT2D eigenvalue weighted by molar-refractivity contribution is 5.91. The Balaban J connectivity index is 1.61. The van der Waals surface area contributed by atoms with E-state index in [9.17, 15) is 18.4 Å². The second-order valence-electron chi connectivity index (χ2n) is 9.98. The lowest BCUT2D eigenvalue weighted by Crippen LogP contribution is -2.50. The minimum atomic E-state index is -0.701. The summed E-state index contributed by atoms with van der Waals surface area (Å²) in [5.74, 6) is -1.51. The molecule has 0 spiro atoms. The highest BCUT2D eigenvalue weighted by Gasteiger charge is 2.35. The number of amides is 1. The molecule has 2 aromatic heterocycles. The number of benzene rings is 1. The molecular weight excluding hydrogens is 484 g/mol. The van der Waals surface area contributed by atoms with Gasteiger partial charge in [-0.05, 0) is 56.2 Å². The van der Waals surface area contributed by atoms with Crippen LogP contribution in [0.1, 0.15) is 48.2 Å². The van der Waals surface area contributed by atoms with Gasteiger partial charge in [-0.1, -0.05) is 0 Å². The molecule has 4 rings (SSSR count). The Morgan fingerprint density at radius 3 is 2.38 bits per heavy atom. The predicted molar refractivity (Wildman–Crippen MR) is 131 cm³/mol. The van der Waals surface area contributed by atoms with Crippen LogP contribution in [0.5, 0.6) is 5.75 Å². The van der Waals surface area contributed by atoms with Crippen molar-refractivity contribution in [3.8, 4) is 17.1 Å². The van der Waals surface area contributed by atoms with Gasteiger partial charge in [0.15, 0.2) is 0 Å². The van der Waals surface area contributed by atoms with E-state index in [4.69, 9.17) is 14.2 Å². The van der Waals surface area contributed by atoms with Gasteiger partial charge in [-0.3, -0.25) is 4.98 Å². The monoisotopic (exact) mass is 513 g/mol. The van der Waals surface area contributed by atoms with Gasteiger partial charge in [0.25, 0.3) is 0 Å². The van der Waals surface area contributed by atoms with Crippen LogP contribution in [0, 0.1) is 11.6 Å². The summed E-state index contributed by atoms with van der Waals surface area (Å²) >= 11 is 0. The van der Waals surface area contributed by atoms with Crippen molar-refractivity contribution in [2.75, 3.05) is 20.2 Å². The largest absolute Gasteiger partial charge is 0.487 e. The summed E-state index contributed by atoms with van der Waals surface area (Å²) in [5.41, 5.74) is 1.96. The summed E-state index contributed by atoms with van der Waals surface area (Å²) in [7, 11) is 3.06. The molecule has 0 bridgehead atoms. The van der Waals surface area contributed by atoms with Crippen LogP contribution in [0.2, 0.25) is 0 Å². The summed E-state index contributed by atoms with van der Waals surface area (Å²) in [6.45, 7) is 6.26. The van der Waals surface area contributed by atoms with Gasteiger partial charge >= 0.3 is 12.1 Å². The van der Waals surface area contributed by atoms with Crippen LogP contribution in [-0.2, 0) is 23.1 Å². The minimum absolute atomic E-state index is 0.0158. The molecule has 0 atom stereocenters. The van der Waals surface area contributed by atoms with Crippen molar-refractivity contribution >= 4 is 12.1 Å². The summed E-state index contributed by atoms with van der Waals surface area (Å²) in [6, 6.07) is 6.63. The lowest BCUT2D eigenvalue weighted by atomic mass is 9.92. The fourth-order valence-electron chi connectivity index (χ4n) is 4.04. The van der Waals surface area contributed by atoms with E-state index >= 15 is 0 Å². The zero-order valence-corrected chi connectivity index (χ0v) is 21.4. The number of methoxy groups -OCH3 is 1. The zero-order valence-electron chi connectivity index (χ0n) is 21.4. The summed E-state index contributed by atoms with van der Waals surface area (Å²) in [6.07, 6.45) is 2.94. The fourth-order valence-corrected chi connectivity index (χ4v) is 4.04. The Labute approximate surface area is 213 Å². The molecule has 1 saturated heterocycles. The lowest BCUT2D eigenvalue weighted by molar-refractivity contribution is 0.00814. The van der Waals surface area contributed by atoms with E-state index in [1.54, 1.807) is 41.0 Å². The molecule has 0 N–H and O–H groups in total. The molecule has 0 unspecified atom stereocenters. The SMILES string of the molecule is COC(=O)c1cc(-c2ncc(C3CN(C(=O)OC(C)(C)C)C3)cc2OCc2cc(F)cc(F)c2)n(C)c1. The molecule has 3 aromatic rings. The minimum Gasteiger partial charge on any atom is -0.487 e. The van der Waals surface area contributed by atoms with Crippen LogP contribution in [0.15, 0.2) is 42.7 Å². The number of esters is 1. The number of aryl methyl sites for hydroxylation is 1. The predicted octanol–water partition coefficient (Wildman–Crippen LogP) is 5.07. The topological polar surface area (TPSA) is 82.9 Å². The average molecular weight is 514 g/mol. The number of halogens is 2. The number of aromatic nitrogens is 2. The van der Waals surface area contributed by atoms with E-state index in [0.717, 1.165) is 11.6 Å². The molecule has 1 aliphatic rings. The zero-order chi connectivity index (χ0) is 26.9. The number of hydrogen-bond acceptors (Lipinski definition) is 6. The van der Waals surface area contributed by atoms with Crippen molar-refractivity contribution in [3.05, 3.63) is 71.1 Å². The van der Waals surface area contributed by atoms with E-state index in [-0.39, 0.29) is 18.6 Å². The highest BCUT2D eigenvalue weighted by Crippen LogP contribution is 2.35. The van der Waals surface area contributed by atoms with Crippen molar-refractivity contribution in [1.29, 1.82) is 0 Å². The first-order valence-corrected chi connectivity index (χ1v) is 11.7. The second-order valence-corrected chi connectivity index (χ2v) is 9.98. The van der Waals surface area contributed by atoms with Crippen LogP contribution in [0.3, 0.4) is 0 Å². The van der Waals surface area contributed by atoms with Crippen LogP contribution >= 0.6 is 0 Å². The van der Waals surface area contributed by atoms with Gasteiger partial charge in [0.05, 0.1) is 18.4 Å². The summed E-state index contributed by atoms with van der Waals surface area (Å²) < 4.78 is 45.3. The Morgan fingerprint density at radius 2 is 1.76 bits per heavy atom. The number of ether oxygens (including phenoxy) is 3. The number of rotatable bonds is 6. The molecule has 10 heteroatoms. The van der Waals surface area contributed by atoms with Crippen molar-refractivity contribution in [2.24, 2.45) is 7.05 Å². The van der Waals surface area contributed by atoms with Crippen molar-refractivity contribution < 1.29 is 32.6 Å². The molecule has 0 saturated carbocycles. The first-order chi connectivity index (χ1) is 17.4. The van der Waals surface area contributed by atoms with Crippen LogP contribution in [-0.4, -0.2) is 52.3 Å². The molecule has 3 heterocycles. The van der Waals surface area contributed by atoms with E-state index in [0.29, 0.717) is 41.4 Å². The molecule has 8 nitrogen and oxygen atoms in total. The third-order valence-corrected chi connectivity index (χ3v) is 5.86. The van der Waals surface area contributed by atoms with Crippen molar-refractivity contribution in [1.82, 2.24) is 14.5 Å². The van der Waals surface area contributed by atoms with Crippen LogP contribution < -0.4 is 4.74 Å². The summed E-state index contributed by atoms with van der Waals surface area (Å²) in [5, 5.41) is 0. The van der Waals surface area contributed by atoms with E-state index in [1.807, 2.05) is 20.8 Å². The lowest BCUT2D eigenvalue weighted by Gasteiger charge is -2.40. The second kappa shape index (κ2) is 10.2. The molecule has 196 valence electrons. The molecule has 1 aliphatic heterocycles. The van der Waals surface area contributed by atoms with E-state index in [1.165, 1.54) is 19.2 Å².